The molecule has 1 fully saturated rings. The molecule has 0 bridgehead atoms. The largest absolute Gasteiger partial charge is 0.347 e. The van der Waals surface area contributed by atoms with E-state index in [1.165, 1.54) is 0 Å². The van der Waals surface area contributed by atoms with Crippen molar-refractivity contribution in [2.24, 2.45) is 0 Å². The van der Waals surface area contributed by atoms with Gasteiger partial charge in [0.05, 0.1) is 24.2 Å². The molecule has 0 N–H and O–H groups in total. The van der Waals surface area contributed by atoms with Gasteiger partial charge < -0.3 is 4.74 Å². The van der Waals surface area contributed by atoms with E-state index in [9.17, 15) is 4.39 Å². The van der Waals surface area contributed by atoms with Gasteiger partial charge >= 0.3 is 0 Å². The van der Waals surface area contributed by atoms with Crippen LogP contribution in [-0.2, 0) is 4.74 Å². The first-order valence-corrected chi connectivity index (χ1v) is 4.07. The normalized spacial score (nSPS) is 26.2. The van der Waals surface area contributed by atoms with Crippen LogP contribution in [-0.4, -0.2) is 13.0 Å². The van der Waals surface area contributed by atoms with Gasteiger partial charge in [-0.15, -0.1) is 0 Å². The lowest BCUT2D eigenvalue weighted by atomic mass is 9.95. The third-order valence-electron chi connectivity index (χ3n) is 2.20. The van der Waals surface area contributed by atoms with Crippen molar-refractivity contribution >= 4 is 0 Å². The lowest BCUT2D eigenvalue weighted by Gasteiger charge is -2.30. The minimum absolute atomic E-state index is 0.187. The number of rotatable bonds is 1. The first kappa shape index (κ1) is 8.21. The van der Waals surface area contributed by atoms with E-state index in [1.807, 2.05) is 12.1 Å². The van der Waals surface area contributed by atoms with Crippen molar-refractivity contribution in [3.8, 4) is 6.07 Å². The first-order valence-electron chi connectivity index (χ1n) is 4.07. The molecule has 1 aliphatic rings. The highest BCUT2D eigenvalue weighted by molar-refractivity contribution is 5.35. The SMILES string of the molecule is N#Cc1cccc(C2COC2F)c1. The van der Waals surface area contributed by atoms with Crippen molar-refractivity contribution in [1.82, 2.24) is 0 Å². The minimum atomic E-state index is -1.20. The molecule has 1 aromatic carbocycles. The maximum absolute atomic E-state index is 12.8. The summed E-state index contributed by atoms with van der Waals surface area (Å²) in [6.45, 7) is 0.413. The van der Waals surface area contributed by atoms with Crippen molar-refractivity contribution < 1.29 is 9.13 Å². The molecule has 0 saturated carbocycles. The predicted molar refractivity (Wildman–Crippen MR) is 44.7 cm³/mol. The van der Waals surface area contributed by atoms with Crippen LogP contribution in [0.2, 0.25) is 0 Å². The third-order valence-corrected chi connectivity index (χ3v) is 2.20. The topological polar surface area (TPSA) is 33.0 Å². The first-order chi connectivity index (χ1) is 6.31. The van der Waals surface area contributed by atoms with Gasteiger partial charge in [0, 0.05) is 0 Å². The van der Waals surface area contributed by atoms with Gasteiger partial charge in [0.1, 0.15) is 0 Å². The van der Waals surface area contributed by atoms with Crippen LogP contribution in [0.4, 0.5) is 4.39 Å². The van der Waals surface area contributed by atoms with E-state index < -0.39 is 6.36 Å². The number of hydrogen-bond donors (Lipinski definition) is 0. The average molecular weight is 177 g/mol. The van der Waals surface area contributed by atoms with E-state index in [2.05, 4.69) is 4.74 Å². The second kappa shape index (κ2) is 3.15. The average Bonchev–Trinajstić information content (AvgIpc) is 2.16. The molecule has 66 valence electrons. The molecule has 2 nitrogen and oxygen atoms in total. The molecule has 0 amide bonds. The van der Waals surface area contributed by atoms with Gasteiger partial charge in [-0.05, 0) is 17.7 Å². The van der Waals surface area contributed by atoms with Gasteiger partial charge in [0.25, 0.3) is 0 Å². The van der Waals surface area contributed by atoms with Crippen LogP contribution in [0.1, 0.15) is 17.0 Å². The van der Waals surface area contributed by atoms with E-state index >= 15 is 0 Å². The summed E-state index contributed by atoms with van der Waals surface area (Å²) in [5, 5.41) is 8.63. The standard InChI is InChI=1S/C10H8FNO/c11-10-9(6-13-10)8-3-1-2-7(4-8)5-12/h1-4,9-10H,6H2. The Labute approximate surface area is 75.6 Å². The zero-order valence-electron chi connectivity index (χ0n) is 6.90. The Bertz CT molecular complexity index is 358. The monoisotopic (exact) mass is 177 g/mol. The quantitative estimate of drug-likeness (QED) is 0.657. The fourth-order valence-electron chi connectivity index (χ4n) is 1.35. The summed E-state index contributed by atoms with van der Waals surface area (Å²) in [4.78, 5) is 0. The summed E-state index contributed by atoms with van der Waals surface area (Å²) in [6, 6.07) is 9.02. The van der Waals surface area contributed by atoms with Crippen LogP contribution >= 0.6 is 0 Å². The number of nitrogens with zero attached hydrogens (tertiary/aromatic N) is 1. The summed E-state index contributed by atoms with van der Waals surface area (Å²) in [6.07, 6.45) is -1.20. The van der Waals surface area contributed by atoms with Crippen LogP contribution in [0.5, 0.6) is 0 Å². The van der Waals surface area contributed by atoms with Gasteiger partial charge in [0.2, 0.25) is 6.36 Å². The van der Waals surface area contributed by atoms with Gasteiger partial charge in [-0.2, -0.15) is 5.26 Å². The second-order valence-electron chi connectivity index (χ2n) is 3.03. The Kier molecular flexibility index (Phi) is 1.99. The Hall–Kier alpha value is -1.40. The molecule has 0 spiro atoms. The van der Waals surface area contributed by atoms with Gasteiger partial charge in [-0.25, -0.2) is 4.39 Å². The molecule has 13 heavy (non-hydrogen) atoms. The van der Waals surface area contributed by atoms with Crippen LogP contribution in [0.25, 0.3) is 0 Å². The lowest BCUT2D eigenvalue weighted by molar-refractivity contribution is -0.154. The van der Waals surface area contributed by atoms with Crippen molar-refractivity contribution in [1.29, 1.82) is 5.26 Å². The molecule has 1 aromatic rings. The van der Waals surface area contributed by atoms with Crippen molar-refractivity contribution in [2.75, 3.05) is 6.61 Å². The lowest BCUT2D eigenvalue weighted by Crippen LogP contribution is -2.33. The number of halogens is 1. The van der Waals surface area contributed by atoms with E-state index in [4.69, 9.17) is 5.26 Å². The highest BCUT2D eigenvalue weighted by atomic mass is 19.1. The predicted octanol–water partition coefficient (Wildman–Crippen LogP) is 1.97. The maximum atomic E-state index is 12.8. The molecule has 2 rings (SSSR count). The summed E-state index contributed by atoms with van der Waals surface area (Å²) in [5.41, 5.74) is 1.41. The zero-order valence-corrected chi connectivity index (χ0v) is 6.90. The molecule has 0 radical (unpaired) electrons. The fourth-order valence-corrected chi connectivity index (χ4v) is 1.35. The summed E-state index contributed by atoms with van der Waals surface area (Å²) in [7, 11) is 0. The fraction of sp³-hybridized carbons (Fsp3) is 0.300. The van der Waals surface area contributed by atoms with E-state index in [-0.39, 0.29) is 5.92 Å². The Morgan fingerprint density at radius 2 is 2.38 bits per heavy atom. The van der Waals surface area contributed by atoms with Crippen LogP contribution < -0.4 is 0 Å². The molecule has 1 aliphatic heterocycles. The Morgan fingerprint density at radius 3 is 2.92 bits per heavy atom. The Morgan fingerprint density at radius 1 is 1.54 bits per heavy atom. The summed E-state index contributed by atoms with van der Waals surface area (Å²) < 4.78 is 17.4. The number of alkyl halides is 1. The van der Waals surface area contributed by atoms with Gasteiger partial charge in [-0.1, -0.05) is 12.1 Å². The van der Waals surface area contributed by atoms with E-state index in [0.717, 1.165) is 5.56 Å². The van der Waals surface area contributed by atoms with E-state index in [1.54, 1.807) is 18.2 Å². The van der Waals surface area contributed by atoms with Crippen LogP contribution in [0, 0.1) is 11.3 Å². The van der Waals surface area contributed by atoms with Crippen molar-refractivity contribution in [3.05, 3.63) is 35.4 Å². The van der Waals surface area contributed by atoms with Gasteiger partial charge in [-0.3, -0.25) is 0 Å². The molecule has 0 aliphatic carbocycles. The van der Waals surface area contributed by atoms with Crippen molar-refractivity contribution in [3.63, 3.8) is 0 Å². The molecule has 3 heteroatoms. The molecular formula is C10H8FNO. The van der Waals surface area contributed by atoms with Crippen molar-refractivity contribution in [2.45, 2.75) is 12.3 Å². The smallest absolute Gasteiger partial charge is 0.207 e. The van der Waals surface area contributed by atoms with Crippen LogP contribution in [0.15, 0.2) is 24.3 Å². The molecule has 2 atom stereocenters. The molecular weight excluding hydrogens is 169 g/mol. The Balaban J connectivity index is 2.26. The molecule has 1 heterocycles. The summed E-state index contributed by atoms with van der Waals surface area (Å²) in [5.74, 6) is -0.187. The second-order valence-corrected chi connectivity index (χ2v) is 3.03. The number of hydrogen-bond acceptors (Lipinski definition) is 2. The number of benzene rings is 1. The molecule has 1 saturated heterocycles. The van der Waals surface area contributed by atoms with Gasteiger partial charge in [0.15, 0.2) is 0 Å². The number of nitriles is 1. The molecule has 0 aromatic heterocycles. The highest BCUT2D eigenvalue weighted by Crippen LogP contribution is 2.32. The third kappa shape index (κ3) is 1.41. The zero-order chi connectivity index (χ0) is 9.26. The number of ether oxygens (including phenoxy) is 1. The van der Waals surface area contributed by atoms with E-state index in [0.29, 0.717) is 12.2 Å². The highest BCUT2D eigenvalue weighted by Gasteiger charge is 2.33. The summed E-state index contributed by atoms with van der Waals surface area (Å²) >= 11 is 0. The molecule has 2 unspecified atom stereocenters. The maximum Gasteiger partial charge on any atom is 0.207 e. The minimum Gasteiger partial charge on any atom is -0.347 e. The van der Waals surface area contributed by atoms with Crippen LogP contribution in [0.3, 0.4) is 0 Å².